The average Bonchev–Trinajstić information content (AvgIpc) is 2.49. The first kappa shape index (κ1) is 11.6. The topological polar surface area (TPSA) is 0 Å². The van der Waals surface area contributed by atoms with Gasteiger partial charge < -0.3 is 0 Å². The molecular formula is C16H12P2. The molecular weight excluding hydrogens is 254 g/mol. The van der Waals surface area contributed by atoms with Crippen LogP contribution in [0.2, 0.25) is 0 Å². The van der Waals surface area contributed by atoms with Crippen molar-refractivity contribution in [2.45, 2.75) is 0 Å². The molecule has 0 atom stereocenters. The van der Waals surface area contributed by atoms with Gasteiger partial charge in [0.15, 0.2) is 0 Å². The van der Waals surface area contributed by atoms with Gasteiger partial charge in [-0.15, -0.1) is 0 Å². The van der Waals surface area contributed by atoms with E-state index in [1.165, 1.54) is 37.7 Å². The molecule has 3 aromatic rings. The number of hydrogen-bond donors (Lipinski definition) is 0. The molecule has 0 aliphatic heterocycles. The summed E-state index contributed by atoms with van der Waals surface area (Å²) in [6, 6.07) is 23.5. The zero-order valence-corrected chi connectivity index (χ0v) is 11.6. The summed E-state index contributed by atoms with van der Waals surface area (Å²) in [6.07, 6.45) is 0. The summed E-state index contributed by atoms with van der Waals surface area (Å²) in [5.74, 6) is 2.23. The summed E-state index contributed by atoms with van der Waals surface area (Å²) in [5.41, 5.74) is 3.98. The van der Waals surface area contributed by atoms with Crippen molar-refractivity contribution in [2.75, 3.05) is 0 Å². The van der Waals surface area contributed by atoms with Crippen molar-refractivity contribution in [1.29, 1.82) is 0 Å². The Morgan fingerprint density at radius 1 is 0.611 bits per heavy atom. The van der Waals surface area contributed by atoms with E-state index in [-0.39, 0.29) is 0 Å². The lowest BCUT2D eigenvalue weighted by molar-refractivity contribution is 1.64. The molecule has 0 aliphatic carbocycles. The van der Waals surface area contributed by atoms with E-state index in [1.807, 2.05) is 0 Å². The van der Waals surface area contributed by atoms with Gasteiger partial charge in [0.1, 0.15) is 0 Å². The Hall–Kier alpha value is -1.48. The van der Waals surface area contributed by atoms with E-state index in [0.29, 0.717) is 0 Å². The molecule has 0 aliphatic rings. The third kappa shape index (κ3) is 2.36. The highest BCUT2D eigenvalue weighted by atomic mass is 31.8. The summed E-state index contributed by atoms with van der Waals surface area (Å²) in [5, 5.41) is 1.42. The Kier molecular flexibility index (Phi) is 3.51. The van der Waals surface area contributed by atoms with Crippen molar-refractivity contribution in [3.05, 3.63) is 72.5 Å². The smallest absolute Gasteiger partial charge is 0.0214 e. The normalized spacial score (nSPS) is 11.1. The third-order valence-corrected chi connectivity index (χ3v) is 5.30. The van der Waals surface area contributed by atoms with Crippen molar-refractivity contribution < 1.29 is 0 Å². The molecule has 0 spiro atoms. The van der Waals surface area contributed by atoms with Gasteiger partial charge in [-0.2, -0.15) is 0 Å². The van der Waals surface area contributed by atoms with Crippen LogP contribution in [0.25, 0.3) is 22.0 Å². The molecule has 0 saturated heterocycles. The Labute approximate surface area is 110 Å². The second-order valence-corrected chi connectivity index (χ2v) is 6.49. The minimum Gasteiger partial charge on any atom is -0.0622 e. The van der Waals surface area contributed by atoms with Crippen LogP contribution in [0.1, 0.15) is 0 Å². The van der Waals surface area contributed by atoms with Crippen LogP contribution in [0.3, 0.4) is 0 Å². The molecule has 0 radical (unpaired) electrons. The van der Waals surface area contributed by atoms with Crippen molar-refractivity contribution in [1.82, 2.24) is 0 Å². The van der Waals surface area contributed by atoms with Gasteiger partial charge in [-0.05, 0) is 44.3 Å². The van der Waals surface area contributed by atoms with Crippen molar-refractivity contribution in [2.24, 2.45) is 0 Å². The molecule has 2 aromatic carbocycles. The van der Waals surface area contributed by atoms with Crippen LogP contribution in [0.5, 0.6) is 0 Å². The first-order valence-corrected chi connectivity index (χ1v) is 8.44. The first-order chi connectivity index (χ1) is 8.95. The average molecular weight is 266 g/mol. The van der Waals surface area contributed by atoms with Crippen LogP contribution >= 0.6 is 15.7 Å². The highest BCUT2D eigenvalue weighted by molar-refractivity contribution is 7.91. The molecule has 1 heterocycles. The zero-order valence-electron chi connectivity index (χ0n) is 9.82. The van der Waals surface area contributed by atoms with Crippen LogP contribution in [0, 0.1) is 0 Å². The minimum absolute atomic E-state index is 1.30. The maximum Gasteiger partial charge on any atom is 0.0214 e. The van der Waals surface area contributed by atoms with Crippen LogP contribution in [-0.4, -0.2) is 0 Å². The molecule has 1 aromatic heterocycles. The molecule has 0 bridgehead atoms. The monoisotopic (exact) mass is 266 g/mol. The Morgan fingerprint density at radius 3 is 1.89 bits per heavy atom. The summed E-state index contributed by atoms with van der Waals surface area (Å²) < 4.78 is 0. The highest BCUT2D eigenvalue weighted by Crippen LogP contribution is 2.41. The summed E-state index contributed by atoms with van der Waals surface area (Å²) in [4.78, 5) is 0. The van der Waals surface area contributed by atoms with Gasteiger partial charge in [0, 0.05) is 5.30 Å². The molecule has 0 saturated carbocycles. The second kappa shape index (κ2) is 5.44. The molecule has 0 unspecified atom stereocenters. The van der Waals surface area contributed by atoms with E-state index in [2.05, 4.69) is 72.5 Å². The molecule has 0 fully saturated rings. The lowest BCUT2D eigenvalue weighted by Crippen LogP contribution is -1.80. The molecule has 3 rings (SSSR count). The molecule has 86 valence electrons. The first-order valence-electron chi connectivity index (χ1n) is 5.88. The highest BCUT2D eigenvalue weighted by Gasteiger charge is 2.06. The van der Waals surface area contributed by atoms with Gasteiger partial charge in [-0.25, -0.2) is 0 Å². The van der Waals surface area contributed by atoms with Gasteiger partial charge in [-0.3, -0.25) is 0 Å². The van der Waals surface area contributed by atoms with E-state index < -0.39 is 0 Å². The standard InChI is InChI=1S/C16H12P2/c1-3-7-13(8-4-1)15-11-12-17-18-16(15)14-9-5-2-6-10-14/h1-12H. The van der Waals surface area contributed by atoms with Crippen LogP contribution in [-0.2, 0) is 0 Å². The fraction of sp³-hybridized carbons (Fsp3) is 0. The molecule has 2 heteroatoms. The fourth-order valence-corrected chi connectivity index (χ4v) is 4.38. The van der Waals surface area contributed by atoms with Gasteiger partial charge in [-0.1, -0.05) is 60.7 Å². The SMILES string of the molecule is c1ccc(-c2ccppc2-c2ccccc2)cc1. The largest absolute Gasteiger partial charge is 0.0622 e. The van der Waals surface area contributed by atoms with Crippen molar-refractivity contribution >= 4 is 15.7 Å². The summed E-state index contributed by atoms with van der Waals surface area (Å²) in [6.45, 7) is 0. The predicted octanol–water partition coefficient (Wildman–Crippen LogP) is 6.18. The maximum atomic E-state index is 2.25. The fourth-order valence-electron chi connectivity index (χ4n) is 1.99. The molecule has 0 N–H and O–H groups in total. The summed E-state index contributed by atoms with van der Waals surface area (Å²) in [7, 11) is 2.71. The maximum absolute atomic E-state index is 2.25. The van der Waals surface area contributed by atoms with E-state index in [1.54, 1.807) is 0 Å². The molecule has 0 amide bonds. The lowest BCUT2D eigenvalue weighted by atomic mass is 10.0. The Balaban J connectivity index is 2.18. The van der Waals surface area contributed by atoms with Gasteiger partial charge in [0.05, 0.1) is 0 Å². The van der Waals surface area contributed by atoms with Gasteiger partial charge in [0.2, 0.25) is 0 Å². The third-order valence-electron chi connectivity index (χ3n) is 2.85. The second-order valence-electron chi connectivity index (χ2n) is 4.03. The predicted molar refractivity (Wildman–Crippen MR) is 82.3 cm³/mol. The Morgan fingerprint density at radius 2 is 1.22 bits per heavy atom. The van der Waals surface area contributed by atoms with Gasteiger partial charge in [0.25, 0.3) is 0 Å². The molecule has 18 heavy (non-hydrogen) atoms. The van der Waals surface area contributed by atoms with Crippen LogP contribution in [0.4, 0.5) is 0 Å². The van der Waals surface area contributed by atoms with E-state index in [4.69, 9.17) is 0 Å². The van der Waals surface area contributed by atoms with Crippen LogP contribution in [0.15, 0.2) is 72.5 Å². The van der Waals surface area contributed by atoms with E-state index in [9.17, 15) is 0 Å². The van der Waals surface area contributed by atoms with Crippen LogP contribution < -0.4 is 0 Å². The number of hydrogen-bond acceptors (Lipinski definition) is 0. The summed E-state index contributed by atoms with van der Waals surface area (Å²) >= 11 is 0. The number of rotatable bonds is 2. The number of benzene rings is 2. The minimum atomic E-state index is 1.30. The van der Waals surface area contributed by atoms with Gasteiger partial charge >= 0.3 is 0 Å². The van der Waals surface area contributed by atoms with Crippen molar-refractivity contribution in [3.8, 4) is 22.0 Å². The quantitative estimate of drug-likeness (QED) is 0.519. The lowest BCUT2D eigenvalue weighted by Gasteiger charge is -2.08. The van der Waals surface area contributed by atoms with E-state index >= 15 is 0 Å². The molecule has 0 nitrogen and oxygen atoms in total. The van der Waals surface area contributed by atoms with Crippen molar-refractivity contribution in [3.63, 3.8) is 0 Å². The Bertz CT molecular complexity index is 575. The zero-order chi connectivity index (χ0) is 12.2. The van der Waals surface area contributed by atoms with E-state index in [0.717, 1.165) is 0 Å².